The standard InChI is InChI=1S/C18H26N2O3/c21-17(20-23-16-11-5-8-14-22-16)19-18(12-6-2-7-13-18)15-9-3-1-4-10-15/h1,3-4,9-10,16H,2,5-8,11-14H2,(H2,19,20,21)/t16-/m0/s1. The second kappa shape index (κ2) is 7.79. The Labute approximate surface area is 137 Å². The highest BCUT2D eigenvalue weighted by atomic mass is 16.8. The molecule has 0 aromatic heterocycles. The SMILES string of the molecule is O=C(NO[C@H]1CCCCO1)NC1(c2ccccc2)CCCCC1. The van der Waals surface area contributed by atoms with Gasteiger partial charge in [-0.25, -0.2) is 15.1 Å². The fourth-order valence-electron chi connectivity index (χ4n) is 3.56. The highest BCUT2D eigenvalue weighted by Gasteiger charge is 2.35. The largest absolute Gasteiger partial charge is 0.350 e. The fourth-order valence-corrected chi connectivity index (χ4v) is 3.56. The van der Waals surface area contributed by atoms with Crippen LogP contribution in [-0.2, 0) is 15.1 Å². The lowest BCUT2D eigenvalue weighted by atomic mass is 9.76. The molecule has 1 heterocycles. The molecule has 2 aliphatic rings. The first-order valence-corrected chi connectivity index (χ1v) is 8.69. The molecule has 0 unspecified atom stereocenters. The number of nitrogens with one attached hydrogen (secondary N) is 2. The number of urea groups is 1. The van der Waals surface area contributed by atoms with E-state index in [4.69, 9.17) is 9.57 Å². The van der Waals surface area contributed by atoms with Gasteiger partial charge < -0.3 is 10.1 Å². The van der Waals surface area contributed by atoms with Crippen molar-refractivity contribution in [1.29, 1.82) is 0 Å². The van der Waals surface area contributed by atoms with Gasteiger partial charge in [0, 0.05) is 13.0 Å². The van der Waals surface area contributed by atoms with Crippen molar-refractivity contribution in [2.24, 2.45) is 0 Å². The first-order valence-electron chi connectivity index (χ1n) is 8.69. The molecule has 1 saturated heterocycles. The molecule has 0 spiro atoms. The van der Waals surface area contributed by atoms with E-state index in [2.05, 4.69) is 22.9 Å². The Morgan fingerprint density at radius 2 is 1.87 bits per heavy atom. The van der Waals surface area contributed by atoms with Crippen LogP contribution in [0.15, 0.2) is 30.3 Å². The van der Waals surface area contributed by atoms with Crippen molar-refractivity contribution in [3.63, 3.8) is 0 Å². The Morgan fingerprint density at radius 1 is 1.09 bits per heavy atom. The molecule has 2 fully saturated rings. The topological polar surface area (TPSA) is 59.6 Å². The van der Waals surface area contributed by atoms with Crippen LogP contribution in [0.3, 0.4) is 0 Å². The first kappa shape index (κ1) is 16.3. The Bertz CT molecular complexity index is 494. The van der Waals surface area contributed by atoms with Gasteiger partial charge in [0.25, 0.3) is 0 Å². The van der Waals surface area contributed by atoms with E-state index in [9.17, 15) is 4.79 Å². The summed E-state index contributed by atoms with van der Waals surface area (Å²) in [6.45, 7) is 0.696. The van der Waals surface area contributed by atoms with Gasteiger partial charge in [-0.05, 0) is 31.2 Å². The molecule has 126 valence electrons. The van der Waals surface area contributed by atoms with Crippen molar-refractivity contribution >= 4 is 6.03 Å². The van der Waals surface area contributed by atoms with Crippen molar-refractivity contribution in [3.05, 3.63) is 35.9 Å². The predicted molar refractivity (Wildman–Crippen MR) is 87.5 cm³/mol. The van der Waals surface area contributed by atoms with Gasteiger partial charge in [-0.1, -0.05) is 49.6 Å². The number of hydroxylamine groups is 1. The number of rotatable bonds is 4. The number of ether oxygens (including phenoxy) is 1. The lowest BCUT2D eigenvalue weighted by Gasteiger charge is -2.38. The number of hydrogen-bond donors (Lipinski definition) is 2. The summed E-state index contributed by atoms with van der Waals surface area (Å²) in [6.07, 6.45) is 8.03. The molecule has 1 aliphatic carbocycles. The minimum absolute atomic E-state index is 0.287. The number of benzene rings is 1. The van der Waals surface area contributed by atoms with Gasteiger partial charge in [0.15, 0.2) is 6.29 Å². The number of carbonyl (C=O) groups excluding carboxylic acids is 1. The van der Waals surface area contributed by atoms with Crippen LogP contribution < -0.4 is 10.8 Å². The zero-order valence-corrected chi connectivity index (χ0v) is 13.6. The van der Waals surface area contributed by atoms with Crippen LogP contribution in [-0.4, -0.2) is 18.9 Å². The van der Waals surface area contributed by atoms with Crippen LogP contribution in [0.1, 0.15) is 56.9 Å². The minimum atomic E-state index is -0.325. The van der Waals surface area contributed by atoms with Crippen LogP contribution in [0.5, 0.6) is 0 Å². The quantitative estimate of drug-likeness (QED) is 0.834. The summed E-state index contributed by atoms with van der Waals surface area (Å²) >= 11 is 0. The van der Waals surface area contributed by atoms with Gasteiger partial charge in [-0.15, -0.1) is 0 Å². The summed E-state index contributed by atoms with van der Waals surface area (Å²) in [5, 5.41) is 3.16. The molecule has 2 N–H and O–H groups in total. The van der Waals surface area contributed by atoms with Crippen molar-refractivity contribution in [1.82, 2.24) is 10.8 Å². The van der Waals surface area contributed by atoms with Crippen LogP contribution in [0.25, 0.3) is 0 Å². The Kier molecular flexibility index (Phi) is 5.51. The molecule has 1 saturated carbocycles. The Balaban J connectivity index is 1.60. The van der Waals surface area contributed by atoms with Crippen LogP contribution in [0.2, 0.25) is 0 Å². The highest BCUT2D eigenvalue weighted by Crippen LogP contribution is 2.36. The predicted octanol–water partition coefficient (Wildman–Crippen LogP) is 3.60. The van der Waals surface area contributed by atoms with Gasteiger partial charge in [-0.3, -0.25) is 0 Å². The summed E-state index contributed by atoms with van der Waals surface area (Å²) in [7, 11) is 0. The molecule has 1 aromatic rings. The zero-order valence-electron chi connectivity index (χ0n) is 13.6. The van der Waals surface area contributed by atoms with Gasteiger partial charge in [0.05, 0.1) is 5.54 Å². The van der Waals surface area contributed by atoms with Gasteiger partial charge >= 0.3 is 6.03 Å². The van der Waals surface area contributed by atoms with E-state index in [1.807, 2.05) is 18.2 Å². The zero-order chi connectivity index (χ0) is 16.0. The van der Waals surface area contributed by atoms with Crippen molar-refractivity contribution in [2.75, 3.05) is 6.61 Å². The van der Waals surface area contributed by atoms with Crippen LogP contribution in [0.4, 0.5) is 4.79 Å². The lowest BCUT2D eigenvalue weighted by molar-refractivity contribution is -0.186. The van der Waals surface area contributed by atoms with E-state index < -0.39 is 0 Å². The number of carbonyl (C=O) groups is 1. The Hall–Kier alpha value is -1.59. The van der Waals surface area contributed by atoms with E-state index in [0.29, 0.717) is 6.61 Å². The Morgan fingerprint density at radius 3 is 2.57 bits per heavy atom. The maximum Gasteiger partial charge on any atom is 0.339 e. The molecule has 3 rings (SSSR count). The average Bonchev–Trinajstić information content (AvgIpc) is 2.62. The molecule has 1 atom stereocenters. The maximum absolute atomic E-state index is 12.3. The van der Waals surface area contributed by atoms with Gasteiger partial charge in [0.1, 0.15) is 0 Å². The lowest BCUT2D eigenvalue weighted by Crippen LogP contribution is -2.51. The van der Waals surface area contributed by atoms with Gasteiger partial charge in [0.2, 0.25) is 0 Å². The van der Waals surface area contributed by atoms with E-state index in [0.717, 1.165) is 44.9 Å². The molecule has 23 heavy (non-hydrogen) atoms. The third-order valence-corrected chi connectivity index (χ3v) is 4.81. The molecule has 5 nitrogen and oxygen atoms in total. The average molecular weight is 318 g/mol. The number of hydrogen-bond acceptors (Lipinski definition) is 3. The van der Waals surface area contributed by atoms with Crippen molar-refractivity contribution < 1.29 is 14.4 Å². The minimum Gasteiger partial charge on any atom is -0.350 e. The fraction of sp³-hybridized carbons (Fsp3) is 0.611. The summed E-state index contributed by atoms with van der Waals surface area (Å²) in [6, 6.07) is 9.96. The van der Waals surface area contributed by atoms with E-state index in [-0.39, 0.29) is 17.9 Å². The summed E-state index contributed by atoms with van der Waals surface area (Å²) in [4.78, 5) is 17.7. The molecule has 1 aromatic carbocycles. The van der Waals surface area contributed by atoms with Crippen molar-refractivity contribution in [2.45, 2.75) is 63.2 Å². The molecule has 1 aliphatic heterocycles. The van der Waals surface area contributed by atoms with E-state index in [1.165, 1.54) is 12.0 Å². The maximum atomic E-state index is 12.3. The van der Waals surface area contributed by atoms with E-state index >= 15 is 0 Å². The van der Waals surface area contributed by atoms with Gasteiger partial charge in [-0.2, -0.15) is 0 Å². The second-order valence-corrected chi connectivity index (χ2v) is 6.48. The summed E-state index contributed by atoms with van der Waals surface area (Å²) in [5.41, 5.74) is 3.40. The summed E-state index contributed by atoms with van der Waals surface area (Å²) in [5.74, 6) is 0. The number of amides is 2. The smallest absolute Gasteiger partial charge is 0.339 e. The molecule has 5 heteroatoms. The van der Waals surface area contributed by atoms with E-state index in [1.54, 1.807) is 0 Å². The molecular formula is C18H26N2O3. The molecule has 0 bridgehead atoms. The normalized spacial score (nSPS) is 23.9. The third kappa shape index (κ3) is 4.24. The molecule has 0 radical (unpaired) electrons. The summed E-state index contributed by atoms with van der Waals surface area (Å²) < 4.78 is 5.46. The van der Waals surface area contributed by atoms with Crippen molar-refractivity contribution in [3.8, 4) is 0 Å². The molecule has 2 amide bonds. The molecular weight excluding hydrogens is 292 g/mol. The second-order valence-electron chi connectivity index (χ2n) is 6.48. The highest BCUT2D eigenvalue weighted by molar-refractivity contribution is 5.74. The van der Waals surface area contributed by atoms with Crippen LogP contribution in [0, 0.1) is 0 Å². The monoisotopic (exact) mass is 318 g/mol. The third-order valence-electron chi connectivity index (χ3n) is 4.81. The first-order chi connectivity index (χ1) is 11.3. The van der Waals surface area contributed by atoms with Crippen LogP contribution >= 0.6 is 0 Å².